The summed E-state index contributed by atoms with van der Waals surface area (Å²) in [6.45, 7) is 2.42. The summed E-state index contributed by atoms with van der Waals surface area (Å²) in [5.74, 6) is 1.23. The first-order valence-corrected chi connectivity index (χ1v) is 9.39. The van der Waals surface area contributed by atoms with E-state index in [2.05, 4.69) is 22.6 Å². The fourth-order valence-electron chi connectivity index (χ4n) is 2.51. The van der Waals surface area contributed by atoms with E-state index in [0.717, 1.165) is 14.7 Å². The average Bonchev–Trinajstić information content (AvgIpc) is 2.67. The molecule has 0 spiro atoms. The van der Waals surface area contributed by atoms with Gasteiger partial charge in [0.05, 0.1) is 9.13 Å². The summed E-state index contributed by atoms with van der Waals surface area (Å²) in [6.07, 6.45) is 0. The molecule has 0 saturated heterocycles. The van der Waals surface area contributed by atoms with Gasteiger partial charge in [-0.25, -0.2) is 0 Å². The number of ketones is 1. The number of rotatable bonds is 7. The maximum Gasteiger partial charge on any atom is 0.163 e. The van der Waals surface area contributed by atoms with Crippen LogP contribution in [0.5, 0.6) is 11.5 Å². The lowest BCUT2D eigenvalue weighted by molar-refractivity contribution is 0.101. The van der Waals surface area contributed by atoms with Crippen molar-refractivity contribution in [2.45, 2.75) is 20.1 Å². The van der Waals surface area contributed by atoms with Gasteiger partial charge < -0.3 is 9.47 Å². The first-order valence-electron chi connectivity index (χ1n) is 8.31. The molecule has 26 heavy (non-hydrogen) atoms. The van der Waals surface area contributed by atoms with Gasteiger partial charge in [-0.2, -0.15) is 0 Å². The zero-order chi connectivity index (χ0) is 18.4. The van der Waals surface area contributed by atoms with Gasteiger partial charge in [-0.05, 0) is 46.7 Å². The van der Waals surface area contributed by atoms with E-state index in [0.29, 0.717) is 30.3 Å². The number of hydrogen-bond acceptors (Lipinski definition) is 3. The van der Waals surface area contributed by atoms with Gasteiger partial charge in [0.25, 0.3) is 0 Å². The van der Waals surface area contributed by atoms with Crippen LogP contribution in [0.15, 0.2) is 72.8 Å². The van der Waals surface area contributed by atoms with Crippen LogP contribution in [0, 0.1) is 3.57 Å². The molecule has 0 aliphatic carbocycles. The summed E-state index contributed by atoms with van der Waals surface area (Å²) in [4.78, 5) is 12.0. The molecule has 0 radical (unpaired) electrons. The monoisotopic (exact) mass is 458 g/mol. The molecular formula is C22H19IO3. The fraction of sp³-hybridized carbons (Fsp3) is 0.136. The van der Waals surface area contributed by atoms with Gasteiger partial charge in [0.15, 0.2) is 5.78 Å². The molecule has 0 aromatic heterocycles. The van der Waals surface area contributed by atoms with Crippen LogP contribution in [-0.2, 0) is 13.2 Å². The third-order valence-electron chi connectivity index (χ3n) is 3.89. The molecule has 3 aromatic carbocycles. The van der Waals surface area contributed by atoms with Crippen LogP contribution in [0.3, 0.4) is 0 Å². The molecule has 0 aliphatic heterocycles. The van der Waals surface area contributed by atoms with Crippen LogP contribution in [0.1, 0.15) is 28.4 Å². The van der Waals surface area contributed by atoms with Gasteiger partial charge in [-0.1, -0.05) is 60.7 Å². The predicted molar refractivity (Wildman–Crippen MR) is 111 cm³/mol. The fourth-order valence-corrected chi connectivity index (χ4v) is 3.13. The molecule has 3 rings (SSSR count). The summed E-state index contributed by atoms with van der Waals surface area (Å²) >= 11 is 2.19. The Balaban J connectivity index is 1.80. The Kier molecular flexibility index (Phi) is 6.28. The summed E-state index contributed by atoms with van der Waals surface area (Å²) in [6, 6.07) is 23.5. The largest absolute Gasteiger partial charge is 0.488 e. The van der Waals surface area contributed by atoms with Crippen molar-refractivity contribution in [2.75, 3.05) is 0 Å². The van der Waals surface area contributed by atoms with Crippen molar-refractivity contribution in [2.24, 2.45) is 0 Å². The summed E-state index contributed by atoms with van der Waals surface area (Å²) in [5.41, 5.74) is 2.70. The second kappa shape index (κ2) is 8.85. The predicted octanol–water partition coefficient (Wildman–Crippen LogP) is 5.65. The summed E-state index contributed by atoms with van der Waals surface area (Å²) < 4.78 is 12.8. The highest BCUT2D eigenvalue weighted by molar-refractivity contribution is 14.1. The zero-order valence-corrected chi connectivity index (χ0v) is 16.6. The minimum Gasteiger partial charge on any atom is -0.488 e. The smallest absolute Gasteiger partial charge is 0.163 e. The molecule has 0 N–H and O–H groups in total. The van der Waals surface area contributed by atoms with Crippen LogP contribution >= 0.6 is 22.6 Å². The lowest BCUT2D eigenvalue weighted by Crippen LogP contribution is -2.04. The van der Waals surface area contributed by atoms with Crippen molar-refractivity contribution in [3.63, 3.8) is 0 Å². The van der Waals surface area contributed by atoms with Crippen molar-refractivity contribution >= 4 is 28.4 Å². The van der Waals surface area contributed by atoms with Gasteiger partial charge in [0.1, 0.15) is 24.7 Å². The number of carbonyl (C=O) groups is 1. The molecule has 3 nitrogen and oxygen atoms in total. The Bertz CT molecular complexity index is 877. The number of halogens is 1. The Morgan fingerprint density at radius 2 is 1.31 bits per heavy atom. The zero-order valence-electron chi connectivity index (χ0n) is 14.4. The third kappa shape index (κ3) is 4.85. The highest BCUT2D eigenvalue weighted by Crippen LogP contribution is 2.32. The van der Waals surface area contributed by atoms with Crippen LogP contribution < -0.4 is 9.47 Å². The van der Waals surface area contributed by atoms with E-state index in [9.17, 15) is 4.79 Å². The van der Waals surface area contributed by atoms with Crippen molar-refractivity contribution in [3.05, 3.63) is 93.1 Å². The first-order chi connectivity index (χ1) is 12.6. The minimum absolute atomic E-state index is 0.0272. The van der Waals surface area contributed by atoms with E-state index in [4.69, 9.17) is 9.47 Å². The van der Waals surface area contributed by atoms with Crippen molar-refractivity contribution in [1.82, 2.24) is 0 Å². The molecule has 0 saturated carbocycles. The number of Topliss-reactive ketones (excluding diaryl/α,β-unsaturated/α-hetero) is 1. The van der Waals surface area contributed by atoms with Gasteiger partial charge in [0, 0.05) is 6.07 Å². The van der Waals surface area contributed by atoms with E-state index < -0.39 is 0 Å². The standard InChI is InChI=1S/C22H19IO3/c1-16(24)19-12-20(23)22(26-15-18-10-6-3-7-11-18)13-21(19)25-14-17-8-4-2-5-9-17/h2-13H,14-15H2,1H3. The summed E-state index contributed by atoms with van der Waals surface area (Å²) in [5, 5.41) is 0. The molecular weight excluding hydrogens is 439 g/mol. The third-order valence-corrected chi connectivity index (χ3v) is 4.73. The number of benzene rings is 3. The minimum atomic E-state index is -0.0272. The Labute approximate surface area is 167 Å². The molecule has 132 valence electrons. The Hall–Kier alpha value is -2.34. The van der Waals surface area contributed by atoms with Crippen LogP contribution in [0.4, 0.5) is 0 Å². The van der Waals surface area contributed by atoms with Crippen LogP contribution in [-0.4, -0.2) is 5.78 Å². The van der Waals surface area contributed by atoms with E-state index in [-0.39, 0.29) is 5.78 Å². The lowest BCUT2D eigenvalue weighted by atomic mass is 10.1. The SMILES string of the molecule is CC(=O)c1cc(I)c(OCc2ccccc2)cc1OCc1ccccc1. The van der Waals surface area contributed by atoms with E-state index >= 15 is 0 Å². The van der Waals surface area contributed by atoms with Crippen molar-refractivity contribution < 1.29 is 14.3 Å². The molecule has 0 bridgehead atoms. The van der Waals surface area contributed by atoms with Crippen LogP contribution in [0.25, 0.3) is 0 Å². The molecule has 0 unspecified atom stereocenters. The quantitative estimate of drug-likeness (QED) is 0.339. The second-order valence-electron chi connectivity index (χ2n) is 5.88. The van der Waals surface area contributed by atoms with E-state index in [1.165, 1.54) is 0 Å². The van der Waals surface area contributed by atoms with Crippen molar-refractivity contribution in [1.29, 1.82) is 0 Å². The highest BCUT2D eigenvalue weighted by atomic mass is 127. The normalized spacial score (nSPS) is 10.4. The number of ether oxygens (including phenoxy) is 2. The second-order valence-corrected chi connectivity index (χ2v) is 7.05. The Morgan fingerprint density at radius 1 is 0.808 bits per heavy atom. The maximum atomic E-state index is 12.0. The molecule has 0 heterocycles. The van der Waals surface area contributed by atoms with Crippen LogP contribution in [0.2, 0.25) is 0 Å². The number of hydrogen-bond donors (Lipinski definition) is 0. The van der Waals surface area contributed by atoms with E-state index in [1.807, 2.05) is 72.8 Å². The van der Waals surface area contributed by atoms with Gasteiger partial charge in [-0.15, -0.1) is 0 Å². The molecule has 0 aliphatic rings. The maximum absolute atomic E-state index is 12.0. The van der Waals surface area contributed by atoms with Gasteiger partial charge in [0.2, 0.25) is 0 Å². The molecule has 0 amide bonds. The molecule has 0 fully saturated rings. The highest BCUT2D eigenvalue weighted by Gasteiger charge is 2.14. The van der Waals surface area contributed by atoms with Gasteiger partial charge >= 0.3 is 0 Å². The number of carbonyl (C=O) groups excluding carboxylic acids is 1. The molecule has 0 atom stereocenters. The topological polar surface area (TPSA) is 35.5 Å². The van der Waals surface area contributed by atoms with Gasteiger partial charge in [-0.3, -0.25) is 4.79 Å². The lowest BCUT2D eigenvalue weighted by Gasteiger charge is -2.14. The first kappa shape index (κ1) is 18.5. The molecule has 4 heteroatoms. The van der Waals surface area contributed by atoms with Crippen molar-refractivity contribution in [3.8, 4) is 11.5 Å². The summed E-state index contributed by atoms with van der Waals surface area (Å²) in [7, 11) is 0. The average molecular weight is 458 g/mol. The van der Waals surface area contributed by atoms with E-state index in [1.54, 1.807) is 6.92 Å². The molecule has 3 aromatic rings. The Morgan fingerprint density at radius 3 is 1.81 bits per heavy atom.